The summed E-state index contributed by atoms with van der Waals surface area (Å²) in [7, 11) is 1.26. The lowest BCUT2D eigenvalue weighted by Crippen LogP contribution is -2.25. The molecule has 3 N–H and O–H groups in total. The van der Waals surface area contributed by atoms with Crippen molar-refractivity contribution in [2.45, 2.75) is 26.9 Å². The molecular formula is C18H19ClN2O5. The zero-order valence-electron chi connectivity index (χ0n) is 14.8. The summed E-state index contributed by atoms with van der Waals surface area (Å²) in [5.74, 6) is -1.76. The van der Waals surface area contributed by atoms with E-state index < -0.39 is 23.8 Å². The SMILES string of the molecule is COC(=O)c1c(C)[nH]c(C(=O)[C@H](C)OC(=O)c2ccc(Cl)cc2N)c1C. The highest BCUT2D eigenvalue weighted by atomic mass is 35.5. The van der Waals surface area contributed by atoms with Gasteiger partial charge >= 0.3 is 11.9 Å². The third kappa shape index (κ3) is 3.72. The minimum atomic E-state index is -1.08. The molecule has 2 aromatic rings. The molecule has 1 heterocycles. The minimum absolute atomic E-state index is 0.115. The van der Waals surface area contributed by atoms with E-state index in [0.29, 0.717) is 16.3 Å². The van der Waals surface area contributed by atoms with Gasteiger partial charge in [-0.2, -0.15) is 0 Å². The first-order valence-electron chi connectivity index (χ1n) is 7.75. The van der Waals surface area contributed by atoms with Crippen molar-refractivity contribution in [2.75, 3.05) is 12.8 Å². The Hall–Kier alpha value is -2.80. The number of Topliss-reactive ketones (excluding diaryl/α,β-unsaturated/α-hetero) is 1. The lowest BCUT2D eigenvalue weighted by atomic mass is 10.1. The number of esters is 2. The maximum Gasteiger partial charge on any atom is 0.340 e. The summed E-state index contributed by atoms with van der Waals surface area (Å²) in [6.45, 7) is 4.72. The predicted molar refractivity (Wildman–Crippen MR) is 96.7 cm³/mol. The monoisotopic (exact) mass is 378 g/mol. The van der Waals surface area contributed by atoms with Crippen LogP contribution in [-0.2, 0) is 9.47 Å². The second-order valence-electron chi connectivity index (χ2n) is 5.76. The molecule has 0 radical (unpaired) electrons. The summed E-state index contributed by atoms with van der Waals surface area (Å²) < 4.78 is 9.93. The molecule has 1 aromatic heterocycles. The number of ether oxygens (including phenoxy) is 2. The van der Waals surface area contributed by atoms with E-state index in [4.69, 9.17) is 26.8 Å². The van der Waals surface area contributed by atoms with Crippen molar-refractivity contribution in [2.24, 2.45) is 0 Å². The van der Waals surface area contributed by atoms with Gasteiger partial charge in [0, 0.05) is 16.4 Å². The molecule has 0 aliphatic rings. The van der Waals surface area contributed by atoms with Crippen molar-refractivity contribution in [3.05, 3.63) is 51.3 Å². The van der Waals surface area contributed by atoms with Crippen molar-refractivity contribution in [3.63, 3.8) is 0 Å². The number of carbonyl (C=O) groups is 3. The third-order valence-electron chi connectivity index (χ3n) is 3.96. The number of aromatic amines is 1. The van der Waals surface area contributed by atoms with Crippen LogP contribution in [0.4, 0.5) is 5.69 Å². The number of anilines is 1. The fourth-order valence-corrected chi connectivity index (χ4v) is 2.79. The van der Waals surface area contributed by atoms with Crippen LogP contribution in [0.15, 0.2) is 18.2 Å². The third-order valence-corrected chi connectivity index (χ3v) is 4.20. The molecule has 0 fully saturated rings. The fraction of sp³-hybridized carbons (Fsp3) is 0.278. The van der Waals surface area contributed by atoms with Gasteiger partial charge in [0.25, 0.3) is 0 Å². The number of benzene rings is 1. The van der Waals surface area contributed by atoms with Crippen LogP contribution in [0.2, 0.25) is 5.02 Å². The quantitative estimate of drug-likeness (QED) is 0.469. The number of rotatable bonds is 5. The summed E-state index contributed by atoms with van der Waals surface area (Å²) >= 11 is 5.80. The average molecular weight is 379 g/mol. The molecule has 0 saturated heterocycles. The highest BCUT2D eigenvalue weighted by molar-refractivity contribution is 6.31. The minimum Gasteiger partial charge on any atom is -0.465 e. The molecule has 0 aliphatic carbocycles. The lowest BCUT2D eigenvalue weighted by Gasteiger charge is -2.13. The van der Waals surface area contributed by atoms with Crippen molar-refractivity contribution in [1.29, 1.82) is 0 Å². The molecule has 2 rings (SSSR count). The molecule has 0 amide bonds. The topological polar surface area (TPSA) is 111 Å². The van der Waals surface area contributed by atoms with Crippen LogP contribution in [0.1, 0.15) is 49.4 Å². The summed E-state index contributed by atoms with van der Waals surface area (Å²) in [5.41, 5.74) is 7.43. The van der Waals surface area contributed by atoms with E-state index in [1.54, 1.807) is 13.8 Å². The fourth-order valence-electron chi connectivity index (χ4n) is 2.60. The van der Waals surface area contributed by atoms with Gasteiger partial charge in [-0.05, 0) is 44.5 Å². The smallest absolute Gasteiger partial charge is 0.340 e. The molecule has 0 bridgehead atoms. The number of ketones is 1. The number of methoxy groups -OCH3 is 1. The molecule has 0 aliphatic heterocycles. The number of nitrogens with one attached hydrogen (secondary N) is 1. The molecule has 7 nitrogen and oxygen atoms in total. The Labute approximate surface area is 155 Å². The summed E-state index contributed by atoms with van der Waals surface area (Å²) in [6.07, 6.45) is -1.08. The molecule has 8 heteroatoms. The Bertz CT molecular complexity index is 888. The van der Waals surface area contributed by atoms with Crippen molar-refractivity contribution in [1.82, 2.24) is 4.98 Å². The average Bonchev–Trinajstić information content (AvgIpc) is 2.87. The van der Waals surface area contributed by atoms with E-state index in [1.807, 2.05) is 0 Å². The van der Waals surface area contributed by atoms with E-state index in [2.05, 4.69) is 4.98 Å². The van der Waals surface area contributed by atoms with Crippen LogP contribution < -0.4 is 5.73 Å². The maximum atomic E-state index is 12.6. The van der Waals surface area contributed by atoms with Gasteiger partial charge in [0.15, 0.2) is 6.10 Å². The number of aromatic nitrogens is 1. The highest BCUT2D eigenvalue weighted by Crippen LogP contribution is 2.22. The molecule has 138 valence electrons. The van der Waals surface area contributed by atoms with Gasteiger partial charge in [-0.3, -0.25) is 4.79 Å². The van der Waals surface area contributed by atoms with Crippen LogP contribution in [0.25, 0.3) is 0 Å². The number of halogens is 1. The number of hydrogen-bond acceptors (Lipinski definition) is 6. The lowest BCUT2D eigenvalue weighted by molar-refractivity contribution is 0.0317. The largest absolute Gasteiger partial charge is 0.465 e. The van der Waals surface area contributed by atoms with Crippen molar-refractivity contribution < 1.29 is 23.9 Å². The van der Waals surface area contributed by atoms with Gasteiger partial charge < -0.3 is 20.2 Å². The second-order valence-corrected chi connectivity index (χ2v) is 6.20. The molecule has 1 atom stereocenters. The maximum absolute atomic E-state index is 12.6. The first-order valence-corrected chi connectivity index (χ1v) is 8.12. The summed E-state index contributed by atoms with van der Waals surface area (Å²) in [4.78, 5) is 39.6. The molecule has 0 spiro atoms. The number of nitrogen functional groups attached to an aromatic ring is 1. The predicted octanol–water partition coefficient (Wildman–Crippen LogP) is 3.08. The molecule has 0 unspecified atom stereocenters. The van der Waals surface area contributed by atoms with Gasteiger partial charge in [0.05, 0.1) is 23.9 Å². The first kappa shape index (κ1) is 19.5. The van der Waals surface area contributed by atoms with Crippen LogP contribution in [0, 0.1) is 13.8 Å². The number of H-pyrrole nitrogens is 1. The number of carbonyl (C=O) groups excluding carboxylic acids is 3. The molecular weight excluding hydrogens is 360 g/mol. The summed E-state index contributed by atoms with van der Waals surface area (Å²) in [6, 6.07) is 4.35. The Balaban J connectivity index is 2.22. The van der Waals surface area contributed by atoms with Gasteiger partial charge in [-0.25, -0.2) is 9.59 Å². The van der Waals surface area contributed by atoms with Crippen LogP contribution >= 0.6 is 11.6 Å². The molecule has 0 saturated carbocycles. The van der Waals surface area contributed by atoms with Gasteiger partial charge in [-0.1, -0.05) is 11.6 Å². The van der Waals surface area contributed by atoms with Gasteiger partial charge in [0.1, 0.15) is 0 Å². The van der Waals surface area contributed by atoms with E-state index >= 15 is 0 Å². The number of hydrogen-bond donors (Lipinski definition) is 2. The normalized spacial score (nSPS) is 11.7. The van der Waals surface area contributed by atoms with E-state index in [9.17, 15) is 14.4 Å². The van der Waals surface area contributed by atoms with Crippen LogP contribution in [-0.4, -0.2) is 35.9 Å². The van der Waals surface area contributed by atoms with E-state index in [-0.39, 0.29) is 22.5 Å². The number of nitrogens with two attached hydrogens (primary N) is 1. The molecule has 1 aromatic carbocycles. The van der Waals surface area contributed by atoms with Crippen LogP contribution in [0.5, 0.6) is 0 Å². The Kier molecular flexibility index (Phi) is 5.72. The zero-order chi connectivity index (χ0) is 19.6. The van der Waals surface area contributed by atoms with E-state index in [0.717, 1.165) is 0 Å². The Morgan fingerprint density at radius 3 is 2.42 bits per heavy atom. The van der Waals surface area contributed by atoms with Crippen LogP contribution in [0.3, 0.4) is 0 Å². The summed E-state index contributed by atoms with van der Waals surface area (Å²) in [5, 5.41) is 0.385. The zero-order valence-corrected chi connectivity index (χ0v) is 15.6. The Morgan fingerprint density at radius 2 is 1.85 bits per heavy atom. The van der Waals surface area contributed by atoms with E-state index in [1.165, 1.54) is 32.2 Å². The van der Waals surface area contributed by atoms with Crippen molar-refractivity contribution in [3.8, 4) is 0 Å². The molecule has 26 heavy (non-hydrogen) atoms. The Morgan fingerprint density at radius 1 is 1.19 bits per heavy atom. The van der Waals surface area contributed by atoms with Gasteiger partial charge in [0.2, 0.25) is 5.78 Å². The highest BCUT2D eigenvalue weighted by Gasteiger charge is 2.28. The number of aryl methyl sites for hydroxylation is 1. The second kappa shape index (κ2) is 7.61. The standard InChI is InChI=1S/C18H19ClN2O5/c1-8-14(18(24)25-4)9(2)21-15(8)16(22)10(3)26-17(23)12-6-5-11(19)7-13(12)20/h5-7,10,21H,20H2,1-4H3/t10-/m0/s1. The van der Waals surface area contributed by atoms with Gasteiger partial charge in [-0.15, -0.1) is 0 Å². The first-order chi connectivity index (χ1) is 12.2. The van der Waals surface area contributed by atoms with Crippen molar-refractivity contribution >= 4 is 35.0 Å².